The van der Waals surface area contributed by atoms with E-state index in [0.717, 1.165) is 25.1 Å². The summed E-state index contributed by atoms with van der Waals surface area (Å²) in [4.78, 5) is 23.4. The topological polar surface area (TPSA) is 82.4 Å². The van der Waals surface area contributed by atoms with Crippen molar-refractivity contribution in [3.63, 3.8) is 0 Å². The largest absolute Gasteiger partial charge is 0.493 e. The number of carbonyl (C=O) groups is 1. The van der Waals surface area contributed by atoms with Crippen molar-refractivity contribution < 1.29 is 14.3 Å². The molecule has 0 saturated carbocycles. The number of nitrogens with zero attached hydrogens (tertiary/aromatic N) is 5. The third-order valence-corrected chi connectivity index (χ3v) is 4.96. The van der Waals surface area contributed by atoms with Crippen LogP contribution in [-0.2, 0) is 11.3 Å². The van der Waals surface area contributed by atoms with Crippen molar-refractivity contribution in [2.24, 2.45) is 0 Å². The number of benzene rings is 1. The monoisotopic (exact) mass is 393 g/mol. The number of para-hydroxylation sites is 2. The van der Waals surface area contributed by atoms with Gasteiger partial charge in [-0.15, -0.1) is 0 Å². The lowest BCUT2D eigenvalue weighted by Gasteiger charge is -2.32. The zero-order valence-corrected chi connectivity index (χ0v) is 16.3. The summed E-state index contributed by atoms with van der Waals surface area (Å²) in [5.74, 6) is 1.81. The maximum absolute atomic E-state index is 12.6. The summed E-state index contributed by atoms with van der Waals surface area (Å²) in [7, 11) is 1.60. The van der Waals surface area contributed by atoms with Crippen LogP contribution in [-0.4, -0.2) is 50.8 Å². The molecule has 1 aliphatic heterocycles. The van der Waals surface area contributed by atoms with Crippen LogP contribution in [0.1, 0.15) is 24.5 Å². The van der Waals surface area contributed by atoms with E-state index < -0.39 is 0 Å². The van der Waals surface area contributed by atoms with Crippen molar-refractivity contribution >= 4 is 5.91 Å². The molecule has 1 aromatic carbocycles. The summed E-state index contributed by atoms with van der Waals surface area (Å²) >= 11 is 0. The van der Waals surface area contributed by atoms with E-state index in [1.54, 1.807) is 36.6 Å². The Bertz CT molecular complexity index is 960. The molecule has 8 heteroatoms. The minimum atomic E-state index is 0.0628. The first kappa shape index (κ1) is 18.9. The molecule has 1 fully saturated rings. The first-order valence-corrected chi connectivity index (χ1v) is 9.61. The normalized spacial score (nSPS) is 16.4. The molecule has 150 valence electrons. The van der Waals surface area contributed by atoms with E-state index in [0.29, 0.717) is 23.9 Å². The maximum atomic E-state index is 12.6. The average molecular weight is 393 g/mol. The predicted octanol–water partition coefficient (Wildman–Crippen LogP) is 2.88. The third kappa shape index (κ3) is 4.53. The van der Waals surface area contributed by atoms with Crippen LogP contribution in [0.3, 0.4) is 0 Å². The van der Waals surface area contributed by atoms with Gasteiger partial charge < -0.3 is 14.4 Å². The molecule has 0 spiro atoms. The molecule has 1 atom stereocenters. The van der Waals surface area contributed by atoms with Crippen LogP contribution in [0.25, 0.3) is 0 Å². The molecule has 4 rings (SSSR count). The number of piperidine rings is 1. The highest BCUT2D eigenvalue weighted by atomic mass is 16.5. The number of likely N-dealkylation sites (tertiary alicyclic amines) is 1. The minimum absolute atomic E-state index is 0.0628. The fourth-order valence-electron chi connectivity index (χ4n) is 3.50. The number of carbonyl (C=O) groups excluding carboxylic acids is 1. The molecule has 1 aliphatic rings. The Hall–Kier alpha value is -3.42. The first-order chi connectivity index (χ1) is 14.2. The number of rotatable bonds is 6. The van der Waals surface area contributed by atoms with Gasteiger partial charge in [-0.25, -0.2) is 4.98 Å². The molecule has 0 aliphatic carbocycles. The van der Waals surface area contributed by atoms with Gasteiger partial charge in [0, 0.05) is 37.6 Å². The van der Waals surface area contributed by atoms with E-state index in [4.69, 9.17) is 9.47 Å². The quantitative estimate of drug-likeness (QED) is 0.640. The molecule has 2 aromatic heterocycles. The Balaban J connectivity index is 1.45. The number of aromatic nitrogens is 4. The van der Waals surface area contributed by atoms with E-state index >= 15 is 0 Å². The number of hydrogen-bond acceptors (Lipinski definition) is 6. The van der Waals surface area contributed by atoms with Crippen molar-refractivity contribution in [2.75, 3.05) is 20.2 Å². The minimum Gasteiger partial charge on any atom is -0.493 e. The fraction of sp³-hybridized carbons (Fsp3) is 0.333. The molecule has 0 radical (unpaired) electrons. The van der Waals surface area contributed by atoms with Crippen molar-refractivity contribution in [1.82, 2.24) is 24.6 Å². The molecule has 3 aromatic rings. The molecule has 1 amide bonds. The Labute approximate surface area is 169 Å². The molecule has 1 unspecified atom stereocenters. The van der Waals surface area contributed by atoms with Crippen LogP contribution < -0.4 is 9.47 Å². The van der Waals surface area contributed by atoms with Crippen LogP contribution in [0.15, 0.2) is 55.1 Å². The molecule has 8 nitrogen and oxygen atoms in total. The van der Waals surface area contributed by atoms with E-state index in [-0.39, 0.29) is 18.4 Å². The van der Waals surface area contributed by atoms with Gasteiger partial charge in [0.2, 0.25) is 11.8 Å². The molecule has 0 bridgehead atoms. The van der Waals surface area contributed by atoms with Crippen LogP contribution in [0, 0.1) is 0 Å². The Morgan fingerprint density at radius 3 is 2.86 bits per heavy atom. The van der Waals surface area contributed by atoms with Crippen molar-refractivity contribution in [2.45, 2.75) is 25.3 Å². The summed E-state index contributed by atoms with van der Waals surface area (Å²) < 4.78 is 12.9. The second-order valence-corrected chi connectivity index (χ2v) is 6.92. The van der Waals surface area contributed by atoms with Gasteiger partial charge in [0.05, 0.1) is 19.0 Å². The van der Waals surface area contributed by atoms with Crippen molar-refractivity contribution in [3.8, 4) is 17.4 Å². The Morgan fingerprint density at radius 1 is 1.21 bits per heavy atom. The number of methoxy groups -OCH3 is 1. The third-order valence-electron chi connectivity index (χ3n) is 4.96. The molecular weight excluding hydrogens is 370 g/mol. The SMILES string of the molecule is COc1ccccc1Oc1cncc(C2CCCN(C(=O)Cn3cccn3)C2)n1. The molecule has 29 heavy (non-hydrogen) atoms. The van der Waals surface area contributed by atoms with Crippen molar-refractivity contribution in [1.29, 1.82) is 0 Å². The van der Waals surface area contributed by atoms with E-state index in [9.17, 15) is 4.79 Å². The van der Waals surface area contributed by atoms with Gasteiger partial charge in [0.15, 0.2) is 11.5 Å². The van der Waals surface area contributed by atoms with Gasteiger partial charge in [-0.1, -0.05) is 12.1 Å². The Morgan fingerprint density at radius 2 is 2.07 bits per heavy atom. The fourth-order valence-corrected chi connectivity index (χ4v) is 3.50. The summed E-state index contributed by atoms with van der Waals surface area (Å²) in [6.07, 6.45) is 8.69. The van der Waals surface area contributed by atoms with Gasteiger partial charge in [0.1, 0.15) is 6.54 Å². The van der Waals surface area contributed by atoms with Gasteiger partial charge in [-0.05, 0) is 31.0 Å². The highest BCUT2D eigenvalue weighted by Gasteiger charge is 2.26. The lowest BCUT2D eigenvalue weighted by molar-refractivity contribution is -0.133. The lowest BCUT2D eigenvalue weighted by atomic mass is 9.95. The highest BCUT2D eigenvalue weighted by Crippen LogP contribution is 2.31. The second-order valence-electron chi connectivity index (χ2n) is 6.92. The summed E-state index contributed by atoms with van der Waals surface area (Å²) in [5, 5.41) is 4.11. The van der Waals surface area contributed by atoms with Gasteiger partial charge in [-0.3, -0.25) is 14.5 Å². The zero-order chi connectivity index (χ0) is 20.1. The summed E-state index contributed by atoms with van der Waals surface area (Å²) in [6.45, 7) is 1.62. The lowest BCUT2D eigenvalue weighted by Crippen LogP contribution is -2.41. The molecular formula is C21H23N5O3. The van der Waals surface area contributed by atoms with Gasteiger partial charge in [0.25, 0.3) is 0 Å². The zero-order valence-electron chi connectivity index (χ0n) is 16.3. The highest BCUT2D eigenvalue weighted by molar-refractivity contribution is 5.76. The first-order valence-electron chi connectivity index (χ1n) is 9.61. The van der Waals surface area contributed by atoms with Gasteiger partial charge >= 0.3 is 0 Å². The number of hydrogen-bond donors (Lipinski definition) is 0. The number of amides is 1. The van der Waals surface area contributed by atoms with Crippen LogP contribution >= 0.6 is 0 Å². The molecule has 0 N–H and O–H groups in total. The average Bonchev–Trinajstić information content (AvgIpc) is 3.27. The molecule has 1 saturated heterocycles. The number of ether oxygens (including phenoxy) is 2. The van der Waals surface area contributed by atoms with Gasteiger partial charge in [-0.2, -0.15) is 5.10 Å². The van der Waals surface area contributed by atoms with Crippen molar-refractivity contribution in [3.05, 3.63) is 60.8 Å². The molecule has 3 heterocycles. The van der Waals surface area contributed by atoms with E-state index in [2.05, 4.69) is 15.1 Å². The Kier molecular flexibility index (Phi) is 5.69. The smallest absolute Gasteiger partial charge is 0.244 e. The van der Waals surface area contributed by atoms with Crippen LogP contribution in [0.4, 0.5) is 0 Å². The van der Waals surface area contributed by atoms with Crippen LogP contribution in [0.5, 0.6) is 17.4 Å². The maximum Gasteiger partial charge on any atom is 0.244 e. The standard InChI is InChI=1S/C21H23N5O3/c1-28-18-7-2-3-8-19(18)29-20-13-22-12-17(24-20)16-6-4-10-25(14-16)21(27)15-26-11-5-9-23-26/h2-3,5,7-9,11-13,16H,4,6,10,14-15H2,1H3. The van der Waals surface area contributed by atoms with E-state index in [1.807, 2.05) is 35.2 Å². The van der Waals surface area contributed by atoms with Crippen LogP contribution in [0.2, 0.25) is 0 Å². The summed E-state index contributed by atoms with van der Waals surface area (Å²) in [5.41, 5.74) is 0.828. The second kappa shape index (κ2) is 8.72. The summed E-state index contributed by atoms with van der Waals surface area (Å²) in [6, 6.07) is 9.22. The van der Waals surface area contributed by atoms with E-state index in [1.165, 1.54) is 0 Å². The predicted molar refractivity (Wildman–Crippen MR) is 106 cm³/mol.